The Morgan fingerprint density at radius 1 is 1.24 bits per heavy atom. The van der Waals surface area contributed by atoms with Gasteiger partial charge in [-0.15, -0.1) is 0 Å². The molecule has 0 atom stereocenters. The number of nitrogens with zero attached hydrogens (tertiary/aromatic N) is 1. The van der Waals surface area contributed by atoms with E-state index in [2.05, 4.69) is 25.6 Å². The molecule has 1 heterocycles. The molecule has 1 aromatic heterocycles. The number of aliphatic hydroxyl groups is 1. The Labute approximate surface area is 132 Å². The van der Waals surface area contributed by atoms with Crippen LogP contribution in [-0.2, 0) is 22.4 Å². The molecule has 0 aliphatic heterocycles. The molecule has 2 aromatic rings. The average Bonchev–Trinajstić information content (AvgIpc) is 2.42. The first-order valence-electron chi connectivity index (χ1n) is 6.21. The summed E-state index contributed by atoms with van der Waals surface area (Å²) in [5.41, 5.74) is 2.13. The van der Waals surface area contributed by atoms with E-state index in [1.165, 1.54) is 0 Å². The molecule has 0 saturated carbocycles. The lowest BCUT2D eigenvalue weighted by Crippen LogP contribution is -2.16. The summed E-state index contributed by atoms with van der Waals surface area (Å²) in [6, 6.07) is 8.57. The van der Waals surface area contributed by atoms with Crippen molar-refractivity contribution in [3.63, 3.8) is 0 Å². The highest BCUT2D eigenvalue weighted by molar-refractivity contribution is 9.10. The highest BCUT2D eigenvalue weighted by atomic mass is 79.9. The molecule has 0 fully saturated rings. The first kappa shape index (κ1) is 15.9. The number of pyridine rings is 1. The van der Waals surface area contributed by atoms with Crippen LogP contribution < -0.4 is 4.72 Å². The third kappa shape index (κ3) is 4.52. The van der Waals surface area contributed by atoms with Gasteiger partial charge in [0.2, 0.25) is 10.0 Å². The predicted molar refractivity (Wildman–Crippen MR) is 85.3 cm³/mol. The third-order valence-corrected chi connectivity index (χ3v) is 4.51. The van der Waals surface area contributed by atoms with Crippen molar-refractivity contribution in [1.82, 2.24) is 4.98 Å². The van der Waals surface area contributed by atoms with Crippen molar-refractivity contribution in [2.24, 2.45) is 0 Å². The lowest BCUT2D eigenvalue weighted by Gasteiger charge is -2.10. The summed E-state index contributed by atoms with van der Waals surface area (Å²) in [5.74, 6) is 0.181. The number of aryl methyl sites for hydroxylation is 1. The van der Waals surface area contributed by atoms with E-state index in [1.54, 1.807) is 43.5 Å². The Hall–Kier alpha value is -1.44. The molecule has 0 spiro atoms. The van der Waals surface area contributed by atoms with Crippen LogP contribution in [0.25, 0.3) is 0 Å². The van der Waals surface area contributed by atoms with Gasteiger partial charge < -0.3 is 5.11 Å². The fourth-order valence-corrected chi connectivity index (χ4v) is 3.45. The van der Waals surface area contributed by atoms with E-state index in [1.807, 2.05) is 0 Å². The van der Waals surface area contributed by atoms with Crippen molar-refractivity contribution in [2.75, 3.05) is 4.72 Å². The Kier molecular flexibility index (Phi) is 4.97. The molecule has 0 unspecified atom stereocenters. The van der Waals surface area contributed by atoms with Gasteiger partial charge in [0.15, 0.2) is 0 Å². The van der Waals surface area contributed by atoms with Gasteiger partial charge >= 0.3 is 0 Å². The maximum absolute atomic E-state index is 12.1. The van der Waals surface area contributed by atoms with Gasteiger partial charge in [0.1, 0.15) is 5.82 Å². The van der Waals surface area contributed by atoms with Crippen molar-refractivity contribution in [3.05, 3.63) is 57.7 Å². The molecule has 1 aromatic carbocycles. The molecule has 0 aliphatic rings. The number of nitrogens with one attached hydrogen (secondary N) is 1. The van der Waals surface area contributed by atoms with E-state index in [9.17, 15) is 8.42 Å². The molecular formula is C14H15BrN2O3S. The number of rotatable bonds is 5. The number of aromatic nitrogens is 1. The van der Waals surface area contributed by atoms with Crippen LogP contribution in [0.1, 0.15) is 16.7 Å². The van der Waals surface area contributed by atoms with Crippen LogP contribution in [-0.4, -0.2) is 18.5 Å². The minimum absolute atomic E-state index is 0.0622. The van der Waals surface area contributed by atoms with E-state index >= 15 is 0 Å². The second-order valence-electron chi connectivity index (χ2n) is 4.65. The Balaban J connectivity index is 2.14. The summed E-state index contributed by atoms with van der Waals surface area (Å²) in [6.07, 6.45) is 1.54. The fourth-order valence-electron chi connectivity index (χ4n) is 1.79. The lowest BCUT2D eigenvalue weighted by atomic mass is 10.2. The van der Waals surface area contributed by atoms with Crippen LogP contribution in [0.3, 0.4) is 0 Å². The van der Waals surface area contributed by atoms with Crippen LogP contribution in [0.15, 0.2) is 41.0 Å². The van der Waals surface area contributed by atoms with Crippen molar-refractivity contribution in [3.8, 4) is 0 Å². The van der Waals surface area contributed by atoms with Gasteiger partial charge in [-0.1, -0.05) is 24.3 Å². The molecular weight excluding hydrogens is 356 g/mol. The van der Waals surface area contributed by atoms with Gasteiger partial charge in [0, 0.05) is 10.7 Å². The second-order valence-corrected chi connectivity index (χ2v) is 7.29. The molecule has 0 amide bonds. The normalized spacial score (nSPS) is 11.4. The molecule has 2 N–H and O–H groups in total. The molecule has 0 bridgehead atoms. The fraction of sp³-hybridized carbons (Fsp3) is 0.214. The molecule has 0 radical (unpaired) electrons. The third-order valence-electron chi connectivity index (χ3n) is 2.86. The Morgan fingerprint density at radius 2 is 1.86 bits per heavy atom. The van der Waals surface area contributed by atoms with Crippen molar-refractivity contribution in [1.29, 1.82) is 0 Å². The van der Waals surface area contributed by atoms with Gasteiger partial charge in [0.05, 0.1) is 12.4 Å². The monoisotopic (exact) mass is 370 g/mol. The van der Waals surface area contributed by atoms with E-state index in [-0.39, 0.29) is 12.4 Å². The highest BCUT2D eigenvalue weighted by Crippen LogP contribution is 2.19. The number of hydrogen-bond acceptors (Lipinski definition) is 4. The number of aliphatic hydroxyl groups excluding tert-OH is 1. The zero-order valence-electron chi connectivity index (χ0n) is 11.4. The first-order chi connectivity index (χ1) is 9.89. The van der Waals surface area contributed by atoms with Gasteiger partial charge in [-0.3, -0.25) is 4.72 Å². The maximum Gasteiger partial charge on any atom is 0.238 e. The summed E-state index contributed by atoms with van der Waals surface area (Å²) in [7, 11) is -3.53. The van der Waals surface area contributed by atoms with Crippen LogP contribution in [0.2, 0.25) is 0 Å². The number of halogens is 1. The maximum atomic E-state index is 12.1. The molecule has 112 valence electrons. The number of sulfonamides is 1. The van der Waals surface area contributed by atoms with E-state index in [4.69, 9.17) is 5.11 Å². The summed E-state index contributed by atoms with van der Waals surface area (Å²) in [4.78, 5) is 4.06. The van der Waals surface area contributed by atoms with Crippen molar-refractivity contribution < 1.29 is 13.5 Å². The predicted octanol–water partition coefficient (Wildman–Crippen LogP) is 2.59. The number of benzene rings is 1. The minimum Gasteiger partial charge on any atom is -0.392 e. The highest BCUT2D eigenvalue weighted by Gasteiger charge is 2.14. The van der Waals surface area contributed by atoms with Crippen LogP contribution in [0.5, 0.6) is 0 Å². The number of hydrogen-bond donors (Lipinski definition) is 2. The average molecular weight is 371 g/mol. The van der Waals surface area contributed by atoms with E-state index in [0.717, 1.165) is 15.6 Å². The van der Waals surface area contributed by atoms with Gasteiger partial charge in [-0.25, -0.2) is 13.4 Å². The Morgan fingerprint density at radius 3 is 2.43 bits per heavy atom. The van der Waals surface area contributed by atoms with Crippen LogP contribution >= 0.6 is 15.9 Å². The molecule has 0 saturated heterocycles. The standard InChI is InChI=1S/C14H15BrN2O3S/c1-10-6-13(15)7-16-14(10)17-21(19,20)9-12-4-2-11(8-18)3-5-12/h2-7,18H,8-9H2,1H3,(H,16,17). The van der Waals surface area contributed by atoms with E-state index in [0.29, 0.717) is 11.4 Å². The molecule has 0 aliphatic carbocycles. The summed E-state index contributed by atoms with van der Waals surface area (Å²) >= 11 is 3.28. The van der Waals surface area contributed by atoms with Crippen LogP contribution in [0, 0.1) is 6.92 Å². The van der Waals surface area contributed by atoms with Gasteiger partial charge in [-0.2, -0.15) is 0 Å². The Bertz CT molecular complexity index is 730. The van der Waals surface area contributed by atoms with Crippen molar-refractivity contribution >= 4 is 31.8 Å². The molecule has 21 heavy (non-hydrogen) atoms. The first-order valence-corrected chi connectivity index (χ1v) is 8.65. The van der Waals surface area contributed by atoms with E-state index < -0.39 is 10.0 Å². The zero-order chi connectivity index (χ0) is 15.5. The van der Waals surface area contributed by atoms with Gasteiger partial charge in [-0.05, 0) is 45.6 Å². The lowest BCUT2D eigenvalue weighted by molar-refractivity contribution is 0.282. The molecule has 2 rings (SSSR count). The van der Waals surface area contributed by atoms with Gasteiger partial charge in [0.25, 0.3) is 0 Å². The SMILES string of the molecule is Cc1cc(Br)cnc1NS(=O)(=O)Cc1ccc(CO)cc1. The minimum atomic E-state index is -3.53. The zero-order valence-corrected chi connectivity index (χ0v) is 13.8. The number of anilines is 1. The van der Waals surface area contributed by atoms with Crippen molar-refractivity contribution in [2.45, 2.75) is 19.3 Å². The summed E-state index contributed by atoms with van der Waals surface area (Å²) in [6.45, 7) is 1.72. The van der Waals surface area contributed by atoms with Crippen LogP contribution in [0.4, 0.5) is 5.82 Å². The molecule has 5 nitrogen and oxygen atoms in total. The summed E-state index contributed by atoms with van der Waals surface area (Å²) in [5, 5.41) is 8.97. The molecule has 7 heteroatoms. The summed E-state index contributed by atoms with van der Waals surface area (Å²) < 4.78 is 27.6. The second kappa shape index (κ2) is 6.55. The largest absolute Gasteiger partial charge is 0.392 e. The topological polar surface area (TPSA) is 79.3 Å². The quantitative estimate of drug-likeness (QED) is 0.847. The smallest absolute Gasteiger partial charge is 0.238 e.